The van der Waals surface area contributed by atoms with E-state index >= 15 is 0 Å². The molecular weight excluding hydrogens is 335 g/mol. The molecule has 0 radical (unpaired) electrons. The minimum atomic E-state index is -0.623. The van der Waals surface area contributed by atoms with E-state index in [1.165, 1.54) is 0 Å². The lowest BCUT2D eigenvalue weighted by Gasteiger charge is -2.18. The Balaban J connectivity index is 1.91. The molecule has 1 aliphatic heterocycles. The second kappa shape index (κ2) is 6.22. The van der Waals surface area contributed by atoms with E-state index < -0.39 is 12.1 Å². The maximum atomic E-state index is 12.7. The molecule has 6 heteroatoms. The number of rotatable bonds is 3. The summed E-state index contributed by atoms with van der Waals surface area (Å²) in [6.07, 6.45) is 0. The summed E-state index contributed by atoms with van der Waals surface area (Å²) in [5.74, 6) is -0.461. The van der Waals surface area contributed by atoms with Crippen LogP contribution in [0.2, 0.25) is 10.0 Å². The lowest BCUT2D eigenvalue weighted by Crippen LogP contribution is -2.34. The summed E-state index contributed by atoms with van der Waals surface area (Å²) in [4.78, 5) is 26.1. The molecule has 0 bridgehead atoms. The topological polar surface area (TPSA) is 49.4 Å². The predicted octanol–water partition coefficient (Wildman–Crippen LogP) is 4.22. The number of urea groups is 1. The quantitative estimate of drug-likeness (QED) is 0.844. The van der Waals surface area contributed by atoms with E-state index in [9.17, 15) is 9.59 Å². The first-order chi connectivity index (χ1) is 11.0. The number of halogens is 2. The van der Waals surface area contributed by atoms with E-state index in [4.69, 9.17) is 23.2 Å². The molecule has 3 rings (SSSR count). The summed E-state index contributed by atoms with van der Waals surface area (Å²) in [6, 6.07) is 13.1. The van der Waals surface area contributed by atoms with Crippen molar-refractivity contribution >= 4 is 40.8 Å². The molecule has 1 heterocycles. The summed E-state index contributed by atoms with van der Waals surface area (Å²) in [7, 11) is 0. The number of benzene rings is 2. The highest BCUT2D eigenvalue weighted by atomic mass is 35.5. The number of carbonyl (C=O) groups is 2. The van der Waals surface area contributed by atoms with Gasteiger partial charge >= 0.3 is 6.03 Å². The van der Waals surface area contributed by atoms with Crippen LogP contribution in [-0.4, -0.2) is 18.0 Å². The standard InChI is InChI=1S/C17H14Cl2N2O2/c1-10(11-5-3-2-4-6-11)15-16(22)21(17(23)20-15)14-8-12(18)7-13(19)9-14/h2-10,15H,1H3,(H,20,23)/t10-,15-/m1/s1. The first kappa shape index (κ1) is 15.8. The fourth-order valence-corrected chi connectivity index (χ4v) is 3.21. The molecule has 0 spiro atoms. The molecular formula is C17H14Cl2N2O2. The Bertz CT molecular complexity index is 744. The van der Waals surface area contributed by atoms with Crippen molar-refractivity contribution in [3.8, 4) is 0 Å². The number of hydrogen-bond acceptors (Lipinski definition) is 2. The van der Waals surface area contributed by atoms with Gasteiger partial charge in [-0.15, -0.1) is 0 Å². The highest BCUT2D eigenvalue weighted by molar-refractivity contribution is 6.35. The van der Waals surface area contributed by atoms with Crippen LogP contribution in [0.1, 0.15) is 18.4 Å². The fourth-order valence-electron chi connectivity index (χ4n) is 2.70. The Kier molecular flexibility index (Phi) is 4.28. The van der Waals surface area contributed by atoms with Crippen LogP contribution in [0.5, 0.6) is 0 Å². The van der Waals surface area contributed by atoms with Crippen molar-refractivity contribution in [2.24, 2.45) is 0 Å². The molecule has 2 aromatic carbocycles. The fraction of sp³-hybridized carbons (Fsp3) is 0.176. The highest BCUT2D eigenvalue weighted by Gasteiger charge is 2.42. The normalized spacial score (nSPS) is 18.9. The molecule has 118 valence electrons. The number of nitrogens with zero attached hydrogens (tertiary/aromatic N) is 1. The molecule has 1 N–H and O–H groups in total. The Morgan fingerprint density at radius 3 is 2.26 bits per heavy atom. The molecule has 0 saturated carbocycles. The van der Waals surface area contributed by atoms with Crippen LogP contribution in [0.4, 0.5) is 10.5 Å². The van der Waals surface area contributed by atoms with Crippen LogP contribution in [-0.2, 0) is 4.79 Å². The summed E-state index contributed by atoms with van der Waals surface area (Å²) < 4.78 is 0. The SMILES string of the molecule is C[C@H](c1ccccc1)[C@H]1NC(=O)N(c2cc(Cl)cc(Cl)c2)C1=O. The number of carbonyl (C=O) groups excluding carboxylic acids is 2. The van der Waals surface area contributed by atoms with Crippen molar-refractivity contribution in [1.82, 2.24) is 5.32 Å². The van der Waals surface area contributed by atoms with Gasteiger partial charge in [-0.3, -0.25) is 4.79 Å². The zero-order valence-electron chi connectivity index (χ0n) is 12.3. The second-order valence-electron chi connectivity index (χ2n) is 5.43. The lowest BCUT2D eigenvalue weighted by atomic mass is 9.93. The average Bonchev–Trinajstić information content (AvgIpc) is 2.81. The Morgan fingerprint density at radius 1 is 1.04 bits per heavy atom. The number of nitrogens with one attached hydrogen (secondary N) is 1. The predicted molar refractivity (Wildman–Crippen MR) is 91.1 cm³/mol. The molecule has 0 aromatic heterocycles. The maximum Gasteiger partial charge on any atom is 0.329 e. The van der Waals surface area contributed by atoms with Gasteiger partial charge in [0.25, 0.3) is 5.91 Å². The van der Waals surface area contributed by atoms with Gasteiger partial charge < -0.3 is 5.32 Å². The van der Waals surface area contributed by atoms with E-state index in [2.05, 4.69) is 5.32 Å². The second-order valence-corrected chi connectivity index (χ2v) is 6.30. The summed E-state index contributed by atoms with van der Waals surface area (Å²) in [5, 5.41) is 3.48. The number of anilines is 1. The van der Waals surface area contributed by atoms with E-state index in [0.717, 1.165) is 10.5 Å². The Hall–Kier alpha value is -2.04. The van der Waals surface area contributed by atoms with Crippen LogP contribution in [0.15, 0.2) is 48.5 Å². The van der Waals surface area contributed by atoms with Crippen LogP contribution in [0, 0.1) is 0 Å². The summed E-state index contributed by atoms with van der Waals surface area (Å²) in [6.45, 7) is 1.91. The third-order valence-electron chi connectivity index (χ3n) is 3.90. The number of hydrogen-bond donors (Lipinski definition) is 1. The van der Waals surface area contributed by atoms with Gasteiger partial charge in [0.15, 0.2) is 0 Å². The van der Waals surface area contributed by atoms with Gasteiger partial charge in [-0.05, 0) is 23.8 Å². The van der Waals surface area contributed by atoms with Crippen LogP contribution in [0.3, 0.4) is 0 Å². The maximum absolute atomic E-state index is 12.7. The van der Waals surface area contributed by atoms with Crippen LogP contribution >= 0.6 is 23.2 Å². The molecule has 2 atom stereocenters. The average molecular weight is 349 g/mol. The molecule has 4 nitrogen and oxygen atoms in total. The van der Waals surface area contributed by atoms with Crippen molar-refractivity contribution in [3.05, 3.63) is 64.1 Å². The van der Waals surface area contributed by atoms with Gasteiger partial charge in [-0.25, -0.2) is 9.69 Å². The zero-order valence-corrected chi connectivity index (χ0v) is 13.8. The molecule has 0 unspecified atom stereocenters. The number of imide groups is 1. The van der Waals surface area contributed by atoms with E-state index in [0.29, 0.717) is 15.7 Å². The van der Waals surface area contributed by atoms with E-state index in [1.54, 1.807) is 18.2 Å². The van der Waals surface area contributed by atoms with Crippen molar-refractivity contribution in [2.75, 3.05) is 4.90 Å². The minimum Gasteiger partial charge on any atom is -0.325 e. The Labute approximate surface area is 144 Å². The van der Waals surface area contributed by atoms with Crippen molar-refractivity contribution < 1.29 is 9.59 Å². The van der Waals surface area contributed by atoms with Crippen LogP contribution in [0.25, 0.3) is 0 Å². The highest BCUT2D eigenvalue weighted by Crippen LogP contribution is 2.30. The van der Waals surface area contributed by atoms with Crippen molar-refractivity contribution in [2.45, 2.75) is 18.9 Å². The smallest absolute Gasteiger partial charge is 0.325 e. The first-order valence-corrected chi connectivity index (χ1v) is 7.88. The minimum absolute atomic E-state index is 0.146. The van der Waals surface area contributed by atoms with Gasteiger partial charge in [0.1, 0.15) is 6.04 Å². The molecule has 2 aromatic rings. The summed E-state index contributed by atoms with van der Waals surface area (Å²) >= 11 is 11.9. The monoisotopic (exact) mass is 348 g/mol. The van der Waals surface area contributed by atoms with Gasteiger partial charge in [-0.2, -0.15) is 0 Å². The van der Waals surface area contributed by atoms with Crippen molar-refractivity contribution in [1.29, 1.82) is 0 Å². The van der Waals surface area contributed by atoms with Gasteiger partial charge in [-0.1, -0.05) is 60.5 Å². The molecule has 3 amide bonds. The van der Waals surface area contributed by atoms with Gasteiger partial charge in [0, 0.05) is 16.0 Å². The lowest BCUT2D eigenvalue weighted by molar-refractivity contribution is -0.118. The molecule has 0 aliphatic carbocycles. The van der Waals surface area contributed by atoms with Crippen molar-refractivity contribution in [3.63, 3.8) is 0 Å². The van der Waals surface area contributed by atoms with Gasteiger partial charge in [0.05, 0.1) is 5.69 Å². The van der Waals surface area contributed by atoms with E-state index in [1.807, 2.05) is 37.3 Å². The molecule has 1 aliphatic rings. The van der Waals surface area contributed by atoms with Gasteiger partial charge in [0.2, 0.25) is 0 Å². The molecule has 1 saturated heterocycles. The molecule has 23 heavy (non-hydrogen) atoms. The van der Waals surface area contributed by atoms with E-state index in [-0.39, 0.29) is 11.8 Å². The third kappa shape index (κ3) is 3.05. The Morgan fingerprint density at radius 2 is 1.65 bits per heavy atom. The molecule has 1 fully saturated rings. The largest absolute Gasteiger partial charge is 0.329 e. The van der Waals surface area contributed by atoms with Crippen LogP contribution < -0.4 is 10.2 Å². The third-order valence-corrected chi connectivity index (χ3v) is 4.34. The first-order valence-electron chi connectivity index (χ1n) is 7.13. The zero-order chi connectivity index (χ0) is 16.6. The summed E-state index contributed by atoms with van der Waals surface area (Å²) in [5.41, 5.74) is 1.35. The number of amides is 3.